The van der Waals surface area contributed by atoms with Crippen molar-refractivity contribution >= 4 is 0 Å². The number of methoxy groups -OCH3 is 2. The predicted molar refractivity (Wildman–Crippen MR) is 145 cm³/mol. The van der Waals surface area contributed by atoms with Crippen LogP contribution in [-0.4, -0.2) is 14.2 Å². The summed E-state index contributed by atoms with van der Waals surface area (Å²) in [6, 6.07) is 27.5. The molecule has 35 heavy (non-hydrogen) atoms. The first-order valence-corrected chi connectivity index (χ1v) is 12.2. The topological polar surface area (TPSA) is 27.7 Å². The molecule has 0 unspecified atom stereocenters. The van der Waals surface area contributed by atoms with E-state index in [1.165, 1.54) is 5.56 Å². The fraction of sp³-hybridized carbons (Fsp3) is 0.250. The van der Waals surface area contributed by atoms with Gasteiger partial charge in [0.2, 0.25) is 0 Å². The van der Waals surface area contributed by atoms with Crippen molar-refractivity contribution in [3.8, 4) is 39.5 Å². The van der Waals surface area contributed by atoms with E-state index in [4.69, 9.17) is 14.2 Å². The molecule has 0 atom stereocenters. The van der Waals surface area contributed by atoms with Crippen LogP contribution in [0.2, 0.25) is 0 Å². The van der Waals surface area contributed by atoms with Gasteiger partial charge in [-0.05, 0) is 77.9 Å². The first-order chi connectivity index (χ1) is 17.0. The minimum Gasteiger partial charge on any atom is -0.496 e. The van der Waals surface area contributed by atoms with Gasteiger partial charge in [-0.1, -0.05) is 67.9 Å². The van der Waals surface area contributed by atoms with Gasteiger partial charge in [-0.2, -0.15) is 0 Å². The lowest BCUT2D eigenvalue weighted by atomic mass is 9.90. The van der Waals surface area contributed by atoms with Gasteiger partial charge in [-0.15, -0.1) is 0 Å². The van der Waals surface area contributed by atoms with Gasteiger partial charge in [0.25, 0.3) is 0 Å². The third-order valence-electron chi connectivity index (χ3n) is 6.38. The molecule has 0 fully saturated rings. The monoisotopic (exact) mass is 466 g/mol. The molecule has 0 saturated carbocycles. The number of hydrogen-bond donors (Lipinski definition) is 0. The Bertz CT molecular complexity index is 1290. The van der Waals surface area contributed by atoms with Gasteiger partial charge in [0.15, 0.2) is 0 Å². The van der Waals surface area contributed by atoms with Crippen LogP contribution < -0.4 is 14.2 Å². The standard InChI is InChI=1S/C32H34O3/c1-6-10-25-13-16-28(26-14-17-29(33-4)22(2)19-26)32(35-21-24-11-8-7-9-12-24)31(25)27-15-18-30(34-5)23(3)20-27/h7-9,11-20H,6,10,21H2,1-5H3. The second kappa shape index (κ2) is 11.1. The van der Waals surface area contributed by atoms with Crippen LogP contribution in [0.3, 0.4) is 0 Å². The third-order valence-corrected chi connectivity index (χ3v) is 6.38. The van der Waals surface area contributed by atoms with E-state index in [0.717, 1.165) is 69.0 Å². The molecule has 4 aromatic rings. The van der Waals surface area contributed by atoms with Crippen LogP contribution in [0.5, 0.6) is 17.2 Å². The van der Waals surface area contributed by atoms with Crippen LogP contribution in [0.4, 0.5) is 0 Å². The maximum Gasteiger partial charge on any atom is 0.135 e. The lowest BCUT2D eigenvalue weighted by Gasteiger charge is -2.21. The van der Waals surface area contributed by atoms with Crippen molar-refractivity contribution in [2.45, 2.75) is 40.2 Å². The highest BCUT2D eigenvalue weighted by Gasteiger charge is 2.19. The van der Waals surface area contributed by atoms with Gasteiger partial charge in [-0.25, -0.2) is 0 Å². The Kier molecular flexibility index (Phi) is 7.77. The summed E-state index contributed by atoms with van der Waals surface area (Å²) in [5.41, 5.74) is 9.11. The second-order valence-electron chi connectivity index (χ2n) is 8.87. The Labute approximate surface area is 209 Å². The molecule has 0 amide bonds. The quantitative estimate of drug-likeness (QED) is 0.249. The molecule has 4 aromatic carbocycles. The zero-order valence-corrected chi connectivity index (χ0v) is 21.4. The number of rotatable bonds is 9. The van der Waals surface area contributed by atoms with Gasteiger partial charge in [0.1, 0.15) is 23.9 Å². The average Bonchev–Trinajstić information content (AvgIpc) is 2.88. The third kappa shape index (κ3) is 5.35. The fourth-order valence-corrected chi connectivity index (χ4v) is 4.60. The maximum absolute atomic E-state index is 6.68. The molecule has 0 aliphatic carbocycles. The fourth-order valence-electron chi connectivity index (χ4n) is 4.60. The van der Waals surface area contributed by atoms with Gasteiger partial charge >= 0.3 is 0 Å². The number of aryl methyl sites for hydroxylation is 3. The molecule has 3 heteroatoms. The molecule has 0 aromatic heterocycles. The summed E-state index contributed by atoms with van der Waals surface area (Å²) in [6.07, 6.45) is 2.03. The highest BCUT2D eigenvalue weighted by molar-refractivity contribution is 5.85. The largest absolute Gasteiger partial charge is 0.496 e. The summed E-state index contributed by atoms with van der Waals surface area (Å²) >= 11 is 0. The molecule has 3 nitrogen and oxygen atoms in total. The molecule has 0 radical (unpaired) electrons. The van der Waals surface area contributed by atoms with E-state index in [9.17, 15) is 0 Å². The van der Waals surface area contributed by atoms with E-state index in [2.05, 4.69) is 69.3 Å². The van der Waals surface area contributed by atoms with Crippen LogP contribution in [0.1, 0.15) is 35.6 Å². The van der Waals surface area contributed by atoms with Crippen LogP contribution in [0.25, 0.3) is 22.3 Å². The van der Waals surface area contributed by atoms with Gasteiger partial charge in [0, 0.05) is 11.1 Å². The Hall–Kier alpha value is -3.72. The Morgan fingerprint density at radius 2 is 1.31 bits per heavy atom. The van der Waals surface area contributed by atoms with E-state index < -0.39 is 0 Å². The molecule has 0 bridgehead atoms. The van der Waals surface area contributed by atoms with Gasteiger partial charge in [0.05, 0.1) is 14.2 Å². The van der Waals surface area contributed by atoms with Gasteiger partial charge < -0.3 is 14.2 Å². The molecular weight excluding hydrogens is 432 g/mol. The van der Waals surface area contributed by atoms with Crippen molar-refractivity contribution in [1.29, 1.82) is 0 Å². The highest BCUT2D eigenvalue weighted by atomic mass is 16.5. The number of hydrogen-bond acceptors (Lipinski definition) is 3. The zero-order chi connectivity index (χ0) is 24.8. The summed E-state index contributed by atoms with van der Waals surface area (Å²) in [5.74, 6) is 2.68. The maximum atomic E-state index is 6.68. The second-order valence-corrected chi connectivity index (χ2v) is 8.87. The summed E-state index contributed by atoms with van der Waals surface area (Å²) in [6.45, 7) is 6.88. The molecule has 180 valence electrons. The number of benzene rings is 4. The van der Waals surface area contributed by atoms with E-state index >= 15 is 0 Å². The van der Waals surface area contributed by atoms with Crippen molar-refractivity contribution in [2.75, 3.05) is 14.2 Å². The smallest absolute Gasteiger partial charge is 0.135 e. The SMILES string of the molecule is CCCc1ccc(-c2ccc(OC)c(C)c2)c(OCc2ccccc2)c1-c1ccc(OC)c(C)c1. The minimum atomic E-state index is 0.501. The lowest BCUT2D eigenvalue weighted by Crippen LogP contribution is -2.02. The zero-order valence-electron chi connectivity index (χ0n) is 21.4. The number of ether oxygens (including phenoxy) is 3. The van der Waals surface area contributed by atoms with E-state index in [0.29, 0.717) is 6.61 Å². The molecule has 0 spiro atoms. The first kappa shape index (κ1) is 24.4. The summed E-state index contributed by atoms with van der Waals surface area (Å²) in [5, 5.41) is 0. The Morgan fingerprint density at radius 1 is 0.686 bits per heavy atom. The predicted octanol–water partition coefficient (Wildman–Crippen LogP) is 8.19. The van der Waals surface area contributed by atoms with E-state index in [-0.39, 0.29) is 0 Å². The molecular formula is C32H34O3. The molecule has 0 saturated heterocycles. The van der Waals surface area contributed by atoms with Crippen molar-refractivity contribution in [3.63, 3.8) is 0 Å². The minimum absolute atomic E-state index is 0.501. The van der Waals surface area contributed by atoms with Crippen LogP contribution in [0.15, 0.2) is 78.9 Å². The van der Waals surface area contributed by atoms with Crippen LogP contribution in [-0.2, 0) is 13.0 Å². The van der Waals surface area contributed by atoms with E-state index in [1.54, 1.807) is 14.2 Å². The average molecular weight is 467 g/mol. The van der Waals surface area contributed by atoms with Crippen molar-refractivity contribution in [3.05, 3.63) is 101 Å². The normalized spacial score (nSPS) is 10.8. The summed E-state index contributed by atoms with van der Waals surface area (Å²) in [7, 11) is 3.42. The molecule has 0 heterocycles. The Balaban J connectivity index is 1.92. The van der Waals surface area contributed by atoms with Crippen molar-refractivity contribution in [2.24, 2.45) is 0 Å². The van der Waals surface area contributed by atoms with Crippen LogP contribution >= 0.6 is 0 Å². The van der Waals surface area contributed by atoms with Gasteiger partial charge in [-0.3, -0.25) is 0 Å². The summed E-state index contributed by atoms with van der Waals surface area (Å²) < 4.78 is 17.7. The van der Waals surface area contributed by atoms with Crippen molar-refractivity contribution in [1.82, 2.24) is 0 Å². The highest BCUT2D eigenvalue weighted by Crippen LogP contribution is 2.44. The molecule has 0 N–H and O–H groups in total. The van der Waals surface area contributed by atoms with Crippen LogP contribution in [0, 0.1) is 13.8 Å². The molecule has 0 aliphatic rings. The first-order valence-electron chi connectivity index (χ1n) is 12.2. The Morgan fingerprint density at radius 3 is 1.91 bits per heavy atom. The molecule has 0 aliphatic heterocycles. The summed E-state index contributed by atoms with van der Waals surface area (Å²) in [4.78, 5) is 0. The van der Waals surface area contributed by atoms with Crippen molar-refractivity contribution < 1.29 is 14.2 Å². The van der Waals surface area contributed by atoms with E-state index in [1.807, 2.05) is 30.3 Å². The lowest BCUT2D eigenvalue weighted by molar-refractivity contribution is 0.308. The molecule has 4 rings (SSSR count).